The van der Waals surface area contributed by atoms with Crippen molar-refractivity contribution in [1.82, 2.24) is 10.1 Å². The monoisotopic (exact) mass is 369 g/mol. The largest absolute Gasteiger partial charge is 0.338 e. The van der Waals surface area contributed by atoms with Crippen molar-refractivity contribution in [3.05, 3.63) is 10.6 Å². The Hall–Kier alpha value is 0.240. The van der Waals surface area contributed by atoms with Crippen molar-refractivity contribution in [2.24, 2.45) is 5.10 Å². The highest BCUT2D eigenvalue weighted by Crippen LogP contribution is 2.55. The van der Waals surface area contributed by atoms with Crippen molar-refractivity contribution >= 4 is 46.7 Å². The topological polar surface area (TPSA) is 46.5 Å². The lowest BCUT2D eigenvalue weighted by Gasteiger charge is -2.30. The number of thioether (sulfide) groups is 1. The van der Waals surface area contributed by atoms with Gasteiger partial charge in [-0.2, -0.15) is 4.62 Å². The van der Waals surface area contributed by atoms with E-state index in [9.17, 15) is 0 Å². The lowest BCUT2D eigenvalue weighted by Crippen LogP contribution is -2.41. The van der Waals surface area contributed by atoms with Crippen LogP contribution in [0.1, 0.15) is 33.6 Å². The molecule has 2 rings (SSSR count). The van der Waals surface area contributed by atoms with E-state index in [-0.39, 0.29) is 0 Å². The third kappa shape index (κ3) is 3.60. The van der Waals surface area contributed by atoms with Crippen LogP contribution in [0.25, 0.3) is 0 Å². The van der Waals surface area contributed by atoms with Crippen LogP contribution in [0, 0.1) is 0 Å². The van der Waals surface area contributed by atoms with Gasteiger partial charge in [0.2, 0.25) is 0 Å². The number of hydroxylamine groups is 1. The predicted octanol–water partition coefficient (Wildman–Crippen LogP) is 3.71. The van der Waals surface area contributed by atoms with Crippen LogP contribution in [0.3, 0.4) is 0 Å². The first-order chi connectivity index (χ1) is 9.97. The molecule has 2 heterocycles. The van der Waals surface area contributed by atoms with Crippen LogP contribution in [0.2, 0.25) is 0 Å². The summed E-state index contributed by atoms with van der Waals surface area (Å²) >= 11 is 11.1. The Balaban J connectivity index is 2.26. The molecule has 0 aromatic heterocycles. The fraction of sp³-hybridized carbons (Fsp3) is 0.727. The quantitative estimate of drug-likeness (QED) is 0.542. The molecule has 0 spiro atoms. The molecule has 0 saturated carbocycles. The van der Waals surface area contributed by atoms with Gasteiger partial charge in [0.1, 0.15) is 0 Å². The highest BCUT2D eigenvalue weighted by Gasteiger charge is 2.44. The smallest absolute Gasteiger partial charge is 0.269 e. The third-order valence-electron chi connectivity index (χ3n) is 3.02. The molecular formula is C11H20N3O3PS3. The van der Waals surface area contributed by atoms with E-state index in [1.165, 1.54) is 22.9 Å². The first kappa shape index (κ1) is 17.6. The second-order valence-electron chi connectivity index (χ2n) is 4.25. The maximum Gasteiger partial charge on any atom is 0.269 e. The number of ether oxygens (including phenoxy) is 1. The zero-order valence-corrected chi connectivity index (χ0v) is 15.9. The molecule has 0 aliphatic carbocycles. The van der Waals surface area contributed by atoms with Gasteiger partial charge >= 0.3 is 0 Å². The van der Waals surface area contributed by atoms with Crippen molar-refractivity contribution < 1.29 is 13.9 Å². The average Bonchev–Trinajstić information content (AvgIpc) is 2.95. The van der Waals surface area contributed by atoms with E-state index >= 15 is 0 Å². The fourth-order valence-corrected chi connectivity index (χ4v) is 4.10. The number of allylic oxidation sites excluding steroid dienone is 2. The highest BCUT2D eigenvalue weighted by atomic mass is 32.9. The van der Waals surface area contributed by atoms with E-state index in [1.54, 1.807) is 11.8 Å². The molecule has 120 valence electrons. The van der Waals surface area contributed by atoms with Gasteiger partial charge in [-0.1, -0.05) is 37.9 Å². The molecule has 0 radical (unpaired) electrons. The molecule has 2 aliphatic heterocycles. The van der Waals surface area contributed by atoms with Gasteiger partial charge < -0.3 is 9.26 Å². The maximum absolute atomic E-state index is 5.79. The molecule has 6 nitrogen and oxygen atoms in total. The summed E-state index contributed by atoms with van der Waals surface area (Å²) in [4.78, 5) is 3.38. The minimum atomic E-state index is -2.66. The molecule has 0 amide bonds. The lowest BCUT2D eigenvalue weighted by molar-refractivity contribution is -0.214. The van der Waals surface area contributed by atoms with Gasteiger partial charge in [0.25, 0.3) is 12.0 Å². The average molecular weight is 369 g/mol. The second-order valence-corrected chi connectivity index (χ2v) is 10.6. The molecule has 10 heteroatoms. The number of rotatable bonds is 7. The number of amidine groups is 1. The first-order valence-electron chi connectivity index (χ1n) is 6.74. The predicted molar refractivity (Wildman–Crippen MR) is 93.1 cm³/mol. The van der Waals surface area contributed by atoms with Crippen LogP contribution in [0.5, 0.6) is 0 Å². The zero-order valence-electron chi connectivity index (χ0n) is 12.5. The Labute approximate surface area is 140 Å². The van der Waals surface area contributed by atoms with E-state index in [2.05, 4.69) is 36.1 Å². The van der Waals surface area contributed by atoms with Crippen molar-refractivity contribution in [3.63, 3.8) is 0 Å². The summed E-state index contributed by atoms with van der Waals surface area (Å²) in [5.41, 5.74) is -1.44. The molecule has 2 unspecified atom stereocenters. The molecule has 0 aromatic rings. The standard InChI is InChI=1S/C11H20N3O3PS3/c1-5-8-9(6-2)21-10-12-14(17-18(19,20)15-4)11(13(8)10)16-7-3/h11H,5-7H2,1-4H3,(H,19,20). The second kappa shape index (κ2) is 7.21. The van der Waals surface area contributed by atoms with Crippen molar-refractivity contribution in [3.8, 4) is 0 Å². The molecule has 0 N–H and O–H groups in total. The molecular weight excluding hydrogens is 349 g/mol. The van der Waals surface area contributed by atoms with Crippen LogP contribution in [-0.2, 0) is 25.7 Å². The van der Waals surface area contributed by atoms with Gasteiger partial charge in [-0.15, -0.1) is 10.3 Å². The molecule has 2 atom stereocenters. The molecule has 0 fully saturated rings. The Kier molecular flexibility index (Phi) is 6.04. The van der Waals surface area contributed by atoms with Gasteiger partial charge in [-0.25, -0.2) is 0 Å². The summed E-state index contributed by atoms with van der Waals surface area (Å²) in [6.07, 6.45) is 1.43. The molecule has 0 saturated heterocycles. The maximum atomic E-state index is 5.79. The minimum Gasteiger partial charge on any atom is -0.338 e. The van der Waals surface area contributed by atoms with Gasteiger partial charge in [-0.05, 0) is 31.6 Å². The number of fused-ring (bicyclic) bond motifs is 1. The van der Waals surface area contributed by atoms with Crippen LogP contribution in [-0.4, -0.2) is 35.3 Å². The zero-order chi connectivity index (χ0) is 15.6. The molecule has 0 bridgehead atoms. The minimum absolute atomic E-state index is 0.457. The first-order valence-corrected chi connectivity index (χ1v) is 11.3. The highest BCUT2D eigenvalue weighted by molar-refractivity contribution is 8.60. The summed E-state index contributed by atoms with van der Waals surface area (Å²) in [5.74, 6) is 0. The number of hydrazone groups is 1. The Bertz CT molecular complexity index is 514. The summed E-state index contributed by atoms with van der Waals surface area (Å²) < 4.78 is 16.5. The van der Waals surface area contributed by atoms with Crippen LogP contribution < -0.4 is 0 Å². The third-order valence-corrected chi connectivity index (χ3v) is 6.44. The van der Waals surface area contributed by atoms with Crippen molar-refractivity contribution in [1.29, 1.82) is 0 Å². The lowest BCUT2D eigenvalue weighted by atomic mass is 10.2. The normalized spacial score (nSPS) is 24.4. The van der Waals surface area contributed by atoms with E-state index in [0.717, 1.165) is 18.0 Å². The van der Waals surface area contributed by atoms with Crippen molar-refractivity contribution in [2.45, 2.75) is 40.0 Å². The SMILES string of the molecule is CCOC1N(OP(=S)(S)OC)N=C2SC(CC)=C(CC)N21. The van der Waals surface area contributed by atoms with Gasteiger partial charge in [0.05, 0.1) is 0 Å². The number of hydrogen-bond donors (Lipinski definition) is 1. The number of hydrogen-bond acceptors (Lipinski definition) is 8. The summed E-state index contributed by atoms with van der Waals surface area (Å²) in [5, 5.41) is 6.69. The van der Waals surface area contributed by atoms with E-state index in [0.29, 0.717) is 6.61 Å². The van der Waals surface area contributed by atoms with E-state index < -0.39 is 12.0 Å². The van der Waals surface area contributed by atoms with Gasteiger partial charge in [0, 0.05) is 24.3 Å². The number of thiol groups is 1. The van der Waals surface area contributed by atoms with Gasteiger partial charge in [0.15, 0.2) is 5.17 Å². The summed E-state index contributed by atoms with van der Waals surface area (Å²) in [7, 11) is 1.48. The van der Waals surface area contributed by atoms with Crippen LogP contribution >= 0.6 is 29.7 Å². The fourth-order valence-electron chi connectivity index (χ4n) is 2.13. The number of nitrogens with zero attached hydrogens (tertiary/aromatic N) is 3. The van der Waals surface area contributed by atoms with E-state index in [4.69, 9.17) is 25.7 Å². The van der Waals surface area contributed by atoms with E-state index in [1.807, 2.05) is 6.92 Å². The Morgan fingerprint density at radius 3 is 2.62 bits per heavy atom. The Morgan fingerprint density at radius 1 is 1.38 bits per heavy atom. The Morgan fingerprint density at radius 2 is 2.10 bits per heavy atom. The van der Waals surface area contributed by atoms with Gasteiger partial charge in [-0.3, -0.25) is 4.90 Å². The molecule has 21 heavy (non-hydrogen) atoms. The van der Waals surface area contributed by atoms with Crippen molar-refractivity contribution in [2.75, 3.05) is 13.7 Å². The summed E-state index contributed by atoms with van der Waals surface area (Å²) in [6, 6.07) is 0. The van der Waals surface area contributed by atoms with Crippen LogP contribution in [0.4, 0.5) is 0 Å². The molecule has 2 aliphatic rings. The van der Waals surface area contributed by atoms with Crippen LogP contribution in [0.15, 0.2) is 15.7 Å². The summed E-state index contributed by atoms with van der Waals surface area (Å²) in [6.45, 7) is 6.74. The molecule has 0 aromatic carbocycles.